The molecule has 28 heavy (non-hydrogen) atoms. The van der Waals surface area contributed by atoms with Gasteiger partial charge in [-0.05, 0) is 30.2 Å². The van der Waals surface area contributed by atoms with E-state index < -0.39 is 0 Å². The molecule has 1 aromatic heterocycles. The lowest BCUT2D eigenvalue weighted by Crippen LogP contribution is -2.16. The van der Waals surface area contributed by atoms with Crippen molar-refractivity contribution >= 4 is 23.5 Å². The summed E-state index contributed by atoms with van der Waals surface area (Å²) in [5, 5.41) is 17.6. The SMILES string of the molecule is COc1cc(C2SCC(=O)Nc3c2c(C)nn3Cc2ccccc2)ccc1O. The summed E-state index contributed by atoms with van der Waals surface area (Å²) < 4.78 is 7.12. The summed E-state index contributed by atoms with van der Waals surface area (Å²) in [6, 6.07) is 15.3. The Morgan fingerprint density at radius 2 is 2.07 bits per heavy atom. The van der Waals surface area contributed by atoms with Gasteiger partial charge >= 0.3 is 0 Å². The number of anilines is 1. The van der Waals surface area contributed by atoms with E-state index in [0.29, 0.717) is 18.0 Å². The fourth-order valence-corrected chi connectivity index (χ4v) is 4.62. The summed E-state index contributed by atoms with van der Waals surface area (Å²) in [6.07, 6.45) is 0. The summed E-state index contributed by atoms with van der Waals surface area (Å²) in [5.74, 6) is 1.53. The molecule has 0 radical (unpaired) electrons. The molecule has 2 aromatic carbocycles. The number of rotatable bonds is 4. The van der Waals surface area contributed by atoms with Gasteiger partial charge in [0.1, 0.15) is 5.82 Å². The van der Waals surface area contributed by atoms with Crippen molar-refractivity contribution in [3.05, 3.63) is 70.9 Å². The number of phenolic OH excluding ortho intramolecular Hbond substituents is 1. The third kappa shape index (κ3) is 3.45. The largest absolute Gasteiger partial charge is 0.504 e. The summed E-state index contributed by atoms with van der Waals surface area (Å²) >= 11 is 1.54. The number of aryl methyl sites for hydroxylation is 1. The van der Waals surface area contributed by atoms with E-state index in [0.717, 1.165) is 28.2 Å². The molecule has 0 bridgehead atoms. The summed E-state index contributed by atoms with van der Waals surface area (Å²) in [5.41, 5.74) is 3.93. The molecule has 2 N–H and O–H groups in total. The number of methoxy groups -OCH3 is 1. The Hall–Kier alpha value is -2.93. The predicted molar refractivity (Wildman–Crippen MR) is 110 cm³/mol. The third-order valence-electron chi connectivity index (χ3n) is 4.76. The minimum atomic E-state index is -0.0898. The van der Waals surface area contributed by atoms with Gasteiger partial charge in [-0.3, -0.25) is 4.79 Å². The number of hydrogen-bond donors (Lipinski definition) is 2. The highest BCUT2D eigenvalue weighted by molar-refractivity contribution is 8.00. The summed E-state index contributed by atoms with van der Waals surface area (Å²) in [4.78, 5) is 12.4. The molecular weight excluding hydrogens is 374 g/mol. The van der Waals surface area contributed by atoms with E-state index in [-0.39, 0.29) is 16.9 Å². The van der Waals surface area contributed by atoms with Crippen molar-refractivity contribution in [2.45, 2.75) is 18.7 Å². The van der Waals surface area contributed by atoms with Crippen LogP contribution < -0.4 is 10.1 Å². The Kier molecular flexibility index (Phi) is 5.00. The molecule has 7 heteroatoms. The Morgan fingerprint density at radius 1 is 1.29 bits per heavy atom. The minimum absolute atomic E-state index is 0.0475. The number of ether oxygens (including phenoxy) is 1. The number of nitrogens with zero attached hydrogens (tertiary/aromatic N) is 2. The van der Waals surface area contributed by atoms with Gasteiger partial charge in [-0.15, -0.1) is 11.8 Å². The van der Waals surface area contributed by atoms with Gasteiger partial charge in [0.2, 0.25) is 5.91 Å². The van der Waals surface area contributed by atoms with Crippen LogP contribution in [0.3, 0.4) is 0 Å². The van der Waals surface area contributed by atoms with Crippen molar-refractivity contribution in [1.82, 2.24) is 9.78 Å². The monoisotopic (exact) mass is 395 g/mol. The Labute approximate surface area is 167 Å². The van der Waals surface area contributed by atoms with Crippen LogP contribution in [0.15, 0.2) is 48.5 Å². The van der Waals surface area contributed by atoms with Crippen LogP contribution in [0.1, 0.15) is 27.6 Å². The second kappa shape index (κ2) is 7.59. The van der Waals surface area contributed by atoms with Crippen molar-refractivity contribution in [2.75, 3.05) is 18.2 Å². The Morgan fingerprint density at radius 3 is 2.82 bits per heavy atom. The molecule has 0 saturated heterocycles. The lowest BCUT2D eigenvalue weighted by molar-refractivity contribution is -0.113. The lowest BCUT2D eigenvalue weighted by atomic mass is 10.0. The van der Waals surface area contributed by atoms with Gasteiger partial charge in [-0.25, -0.2) is 4.68 Å². The van der Waals surface area contributed by atoms with Crippen LogP contribution in [0.2, 0.25) is 0 Å². The van der Waals surface area contributed by atoms with Crippen LogP contribution in [-0.2, 0) is 11.3 Å². The van der Waals surface area contributed by atoms with E-state index in [9.17, 15) is 9.90 Å². The molecule has 4 rings (SSSR count). The number of carbonyl (C=O) groups excluding carboxylic acids is 1. The molecule has 0 saturated carbocycles. The smallest absolute Gasteiger partial charge is 0.235 e. The number of thioether (sulfide) groups is 1. The normalized spacial score (nSPS) is 16.2. The molecule has 1 aliphatic heterocycles. The zero-order valence-electron chi connectivity index (χ0n) is 15.7. The molecule has 1 amide bonds. The number of nitrogens with one attached hydrogen (secondary N) is 1. The molecule has 0 fully saturated rings. The van der Waals surface area contributed by atoms with Crippen molar-refractivity contribution in [3.63, 3.8) is 0 Å². The molecule has 6 nitrogen and oxygen atoms in total. The topological polar surface area (TPSA) is 76.4 Å². The van der Waals surface area contributed by atoms with Gasteiger partial charge in [0.25, 0.3) is 0 Å². The van der Waals surface area contributed by atoms with Crippen LogP contribution >= 0.6 is 11.8 Å². The number of hydrogen-bond acceptors (Lipinski definition) is 5. The van der Waals surface area contributed by atoms with Crippen LogP contribution in [0, 0.1) is 6.92 Å². The van der Waals surface area contributed by atoms with E-state index in [1.165, 1.54) is 7.11 Å². The first-order valence-electron chi connectivity index (χ1n) is 8.96. The highest BCUT2D eigenvalue weighted by atomic mass is 32.2. The van der Waals surface area contributed by atoms with Crippen molar-refractivity contribution in [3.8, 4) is 11.5 Å². The predicted octanol–water partition coefficient (Wildman–Crippen LogP) is 3.73. The fourth-order valence-electron chi connectivity index (χ4n) is 3.44. The average Bonchev–Trinajstić information content (AvgIpc) is 2.87. The molecule has 0 spiro atoms. The van der Waals surface area contributed by atoms with Gasteiger partial charge < -0.3 is 15.2 Å². The maximum atomic E-state index is 12.4. The number of fused-ring (bicyclic) bond motifs is 1. The van der Waals surface area contributed by atoms with E-state index in [2.05, 4.69) is 5.32 Å². The lowest BCUT2D eigenvalue weighted by Gasteiger charge is -2.16. The first kappa shape index (κ1) is 18.4. The van der Waals surface area contributed by atoms with Gasteiger partial charge in [0, 0.05) is 5.56 Å². The number of aromatic nitrogens is 2. The van der Waals surface area contributed by atoms with Crippen molar-refractivity contribution in [2.24, 2.45) is 0 Å². The van der Waals surface area contributed by atoms with Crippen LogP contribution in [0.25, 0.3) is 0 Å². The van der Waals surface area contributed by atoms with E-state index >= 15 is 0 Å². The molecule has 144 valence electrons. The zero-order valence-corrected chi connectivity index (χ0v) is 16.5. The van der Waals surface area contributed by atoms with Gasteiger partial charge in [-0.2, -0.15) is 5.10 Å². The molecular formula is C21H21N3O3S. The van der Waals surface area contributed by atoms with Gasteiger partial charge in [0.15, 0.2) is 11.5 Å². The van der Waals surface area contributed by atoms with Gasteiger partial charge in [-0.1, -0.05) is 36.4 Å². The number of carbonyl (C=O) groups is 1. The summed E-state index contributed by atoms with van der Waals surface area (Å²) in [7, 11) is 1.53. The highest BCUT2D eigenvalue weighted by Gasteiger charge is 2.30. The second-order valence-electron chi connectivity index (χ2n) is 6.66. The average molecular weight is 395 g/mol. The molecule has 1 atom stereocenters. The van der Waals surface area contributed by atoms with Crippen LogP contribution in [0.5, 0.6) is 11.5 Å². The quantitative estimate of drug-likeness (QED) is 0.704. The second-order valence-corrected chi connectivity index (χ2v) is 7.75. The minimum Gasteiger partial charge on any atom is -0.504 e. The van der Waals surface area contributed by atoms with Gasteiger partial charge in [0.05, 0.1) is 30.4 Å². The van der Waals surface area contributed by atoms with Crippen LogP contribution in [-0.4, -0.2) is 33.7 Å². The van der Waals surface area contributed by atoms with Crippen LogP contribution in [0.4, 0.5) is 5.82 Å². The standard InChI is InChI=1S/C21H21N3O3S/c1-13-19-20(15-8-9-16(25)17(10-15)27-2)28-12-18(26)22-21(19)24(23-13)11-14-6-4-3-5-7-14/h3-10,20,25H,11-12H2,1-2H3,(H,22,26). The third-order valence-corrected chi connectivity index (χ3v) is 6.03. The molecule has 3 aromatic rings. The van der Waals surface area contributed by atoms with E-state index in [1.807, 2.05) is 54.1 Å². The number of phenols is 1. The Balaban J connectivity index is 1.79. The first-order chi connectivity index (χ1) is 13.6. The maximum Gasteiger partial charge on any atom is 0.235 e. The van der Waals surface area contributed by atoms with E-state index in [4.69, 9.17) is 9.84 Å². The number of amides is 1. The molecule has 0 aliphatic carbocycles. The van der Waals surface area contributed by atoms with Crippen molar-refractivity contribution < 1.29 is 14.6 Å². The van der Waals surface area contributed by atoms with Crippen molar-refractivity contribution in [1.29, 1.82) is 0 Å². The zero-order chi connectivity index (χ0) is 19.7. The molecule has 1 unspecified atom stereocenters. The summed E-state index contributed by atoms with van der Waals surface area (Å²) in [6.45, 7) is 2.54. The highest BCUT2D eigenvalue weighted by Crippen LogP contribution is 2.45. The number of aromatic hydroxyl groups is 1. The maximum absolute atomic E-state index is 12.4. The molecule has 2 heterocycles. The molecule has 1 aliphatic rings. The first-order valence-corrected chi connectivity index (χ1v) is 10.0. The fraction of sp³-hybridized carbons (Fsp3) is 0.238. The Bertz CT molecular complexity index is 1020. The number of benzene rings is 2. The van der Waals surface area contributed by atoms with E-state index in [1.54, 1.807) is 17.8 Å².